The van der Waals surface area contributed by atoms with Gasteiger partial charge in [-0.05, 0) is 24.6 Å². The Labute approximate surface area is 170 Å². The molecule has 10 heteroatoms. The summed E-state index contributed by atoms with van der Waals surface area (Å²) < 4.78 is 8.39. The SMILES string of the molecule is CC(C#N)NC(=O)Cc1nnc(Cc2nc3ccc(-c4cnn(C)c4)cc3s2)o1. The molecular weight excluding hydrogens is 390 g/mol. The van der Waals surface area contributed by atoms with Crippen molar-refractivity contribution in [2.45, 2.75) is 25.8 Å². The summed E-state index contributed by atoms with van der Waals surface area (Å²) in [4.78, 5) is 16.4. The third-order valence-corrected chi connectivity index (χ3v) is 5.18. The van der Waals surface area contributed by atoms with E-state index in [1.54, 1.807) is 22.9 Å². The fourth-order valence-corrected chi connectivity index (χ4v) is 3.82. The van der Waals surface area contributed by atoms with E-state index in [1.807, 2.05) is 37.6 Å². The summed E-state index contributed by atoms with van der Waals surface area (Å²) in [7, 11) is 1.89. The first-order chi connectivity index (χ1) is 14.0. The van der Waals surface area contributed by atoms with Gasteiger partial charge in [0.25, 0.3) is 0 Å². The van der Waals surface area contributed by atoms with Crippen LogP contribution in [0.2, 0.25) is 0 Å². The topological polar surface area (TPSA) is 123 Å². The van der Waals surface area contributed by atoms with Gasteiger partial charge in [0.2, 0.25) is 17.7 Å². The fraction of sp³-hybridized carbons (Fsp3) is 0.263. The Bertz CT molecular complexity index is 1220. The number of nitrogens with zero attached hydrogens (tertiary/aromatic N) is 6. The molecule has 0 saturated heterocycles. The highest BCUT2D eigenvalue weighted by Crippen LogP contribution is 2.29. The van der Waals surface area contributed by atoms with E-state index >= 15 is 0 Å². The van der Waals surface area contributed by atoms with Gasteiger partial charge in [-0.15, -0.1) is 21.5 Å². The minimum Gasteiger partial charge on any atom is -0.424 e. The molecule has 4 aromatic rings. The van der Waals surface area contributed by atoms with E-state index < -0.39 is 6.04 Å². The van der Waals surface area contributed by atoms with Gasteiger partial charge in [-0.3, -0.25) is 9.48 Å². The Morgan fingerprint density at radius 2 is 2.17 bits per heavy atom. The van der Waals surface area contributed by atoms with Gasteiger partial charge in [-0.1, -0.05) is 6.07 Å². The van der Waals surface area contributed by atoms with Crippen LogP contribution in [0.4, 0.5) is 0 Å². The molecule has 29 heavy (non-hydrogen) atoms. The van der Waals surface area contributed by atoms with Gasteiger partial charge < -0.3 is 9.73 Å². The summed E-state index contributed by atoms with van der Waals surface area (Å²) in [5.41, 5.74) is 3.04. The van der Waals surface area contributed by atoms with E-state index in [0.29, 0.717) is 12.3 Å². The first kappa shape index (κ1) is 18.8. The third-order valence-electron chi connectivity index (χ3n) is 4.17. The van der Waals surface area contributed by atoms with Gasteiger partial charge in [0.15, 0.2) is 0 Å². The van der Waals surface area contributed by atoms with Crippen LogP contribution in [-0.4, -0.2) is 36.9 Å². The first-order valence-electron chi connectivity index (χ1n) is 8.89. The molecule has 0 bridgehead atoms. The van der Waals surface area contributed by atoms with Crippen LogP contribution < -0.4 is 5.32 Å². The van der Waals surface area contributed by atoms with Crippen molar-refractivity contribution in [2.75, 3.05) is 0 Å². The first-order valence-corrected chi connectivity index (χ1v) is 9.70. The molecule has 0 radical (unpaired) electrons. The Morgan fingerprint density at radius 3 is 2.93 bits per heavy atom. The lowest BCUT2D eigenvalue weighted by Gasteiger charge is -2.03. The van der Waals surface area contributed by atoms with Crippen molar-refractivity contribution in [1.82, 2.24) is 30.3 Å². The maximum atomic E-state index is 11.8. The van der Waals surface area contributed by atoms with Crippen LogP contribution in [0.5, 0.6) is 0 Å². The smallest absolute Gasteiger partial charge is 0.230 e. The van der Waals surface area contributed by atoms with E-state index in [2.05, 4.69) is 31.7 Å². The molecule has 0 aliphatic rings. The number of aromatic nitrogens is 5. The molecular formula is C19H17N7O2S. The number of thiazole rings is 1. The van der Waals surface area contributed by atoms with Crippen molar-refractivity contribution in [2.24, 2.45) is 7.05 Å². The van der Waals surface area contributed by atoms with Crippen LogP contribution in [-0.2, 0) is 24.7 Å². The van der Waals surface area contributed by atoms with Crippen molar-refractivity contribution < 1.29 is 9.21 Å². The number of carbonyl (C=O) groups is 1. The Kier molecular flexibility index (Phi) is 5.05. The predicted molar refractivity (Wildman–Crippen MR) is 106 cm³/mol. The van der Waals surface area contributed by atoms with E-state index in [0.717, 1.165) is 26.4 Å². The highest BCUT2D eigenvalue weighted by molar-refractivity contribution is 7.18. The standard InChI is InChI=1S/C19H17N7O2S/c1-11(8-20)22-16(27)6-17-24-25-18(28-17)7-19-23-14-4-3-12(5-15(14)29-19)13-9-21-26(2)10-13/h3-5,9-11H,6-7H2,1-2H3,(H,22,27). The summed E-state index contributed by atoms with van der Waals surface area (Å²) in [5.74, 6) is 0.271. The van der Waals surface area contributed by atoms with E-state index in [1.165, 1.54) is 0 Å². The largest absolute Gasteiger partial charge is 0.424 e. The molecule has 1 aromatic carbocycles. The van der Waals surface area contributed by atoms with Crippen LogP contribution in [0.1, 0.15) is 23.7 Å². The lowest BCUT2D eigenvalue weighted by molar-refractivity contribution is -0.121. The minimum atomic E-state index is -0.566. The van der Waals surface area contributed by atoms with E-state index in [4.69, 9.17) is 9.68 Å². The third kappa shape index (κ3) is 4.30. The summed E-state index contributed by atoms with van der Waals surface area (Å²) in [6.45, 7) is 1.60. The number of aryl methyl sites for hydroxylation is 1. The van der Waals surface area contributed by atoms with Crippen molar-refractivity contribution >= 4 is 27.5 Å². The highest BCUT2D eigenvalue weighted by atomic mass is 32.1. The van der Waals surface area contributed by atoms with Crippen LogP contribution in [0.3, 0.4) is 0 Å². The Morgan fingerprint density at radius 1 is 1.34 bits per heavy atom. The van der Waals surface area contributed by atoms with E-state index in [-0.39, 0.29) is 18.2 Å². The number of benzene rings is 1. The fourth-order valence-electron chi connectivity index (χ4n) is 2.82. The Balaban J connectivity index is 1.46. The number of nitriles is 1. The molecule has 0 aliphatic carbocycles. The molecule has 1 unspecified atom stereocenters. The lowest BCUT2D eigenvalue weighted by atomic mass is 10.1. The van der Waals surface area contributed by atoms with Gasteiger partial charge >= 0.3 is 0 Å². The highest BCUT2D eigenvalue weighted by Gasteiger charge is 2.15. The molecule has 3 aromatic heterocycles. The number of hydrogen-bond donors (Lipinski definition) is 1. The number of amides is 1. The molecule has 1 amide bonds. The number of carbonyl (C=O) groups excluding carboxylic acids is 1. The maximum absolute atomic E-state index is 11.8. The normalized spacial score (nSPS) is 12.0. The molecule has 0 fully saturated rings. The molecule has 3 heterocycles. The molecule has 1 atom stereocenters. The van der Waals surface area contributed by atoms with Gasteiger partial charge in [0.1, 0.15) is 17.5 Å². The molecule has 0 aliphatic heterocycles. The van der Waals surface area contributed by atoms with Crippen LogP contribution in [0, 0.1) is 11.3 Å². The molecule has 0 saturated carbocycles. The molecule has 9 nitrogen and oxygen atoms in total. The van der Waals surface area contributed by atoms with Gasteiger partial charge in [0.05, 0.1) is 28.9 Å². The van der Waals surface area contributed by atoms with Crippen molar-refractivity contribution in [1.29, 1.82) is 5.26 Å². The zero-order valence-electron chi connectivity index (χ0n) is 15.8. The number of rotatable bonds is 6. The lowest BCUT2D eigenvalue weighted by Crippen LogP contribution is -2.32. The summed E-state index contributed by atoms with van der Waals surface area (Å²) in [5, 5.41) is 24.2. The van der Waals surface area contributed by atoms with Crippen LogP contribution in [0.25, 0.3) is 21.3 Å². The second-order valence-corrected chi connectivity index (χ2v) is 7.67. The zero-order valence-corrected chi connectivity index (χ0v) is 16.6. The number of nitrogens with one attached hydrogen (secondary N) is 1. The van der Waals surface area contributed by atoms with Gasteiger partial charge in [-0.25, -0.2) is 4.98 Å². The van der Waals surface area contributed by atoms with Crippen LogP contribution in [0.15, 0.2) is 35.0 Å². The summed E-state index contributed by atoms with van der Waals surface area (Å²) >= 11 is 1.56. The summed E-state index contributed by atoms with van der Waals surface area (Å²) in [6.07, 6.45) is 4.13. The average molecular weight is 407 g/mol. The van der Waals surface area contributed by atoms with Crippen molar-refractivity contribution in [3.8, 4) is 17.2 Å². The molecule has 146 valence electrons. The molecule has 1 N–H and O–H groups in total. The minimum absolute atomic E-state index is 0.0622. The Hall–Kier alpha value is -3.58. The second-order valence-electron chi connectivity index (χ2n) is 6.55. The predicted octanol–water partition coefficient (Wildman–Crippen LogP) is 2.24. The average Bonchev–Trinajstić information content (AvgIpc) is 3.41. The van der Waals surface area contributed by atoms with E-state index in [9.17, 15) is 4.79 Å². The maximum Gasteiger partial charge on any atom is 0.230 e. The second kappa shape index (κ2) is 7.81. The zero-order chi connectivity index (χ0) is 20.4. The summed E-state index contributed by atoms with van der Waals surface area (Å²) in [6, 6.07) is 7.47. The van der Waals surface area contributed by atoms with Crippen molar-refractivity contribution in [3.05, 3.63) is 47.4 Å². The number of hydrogen-bond acceptors (Lipinski definition) is 8. The van der Waals surface area contributed by atoms with Gasteiger partial charge in [0, 0.05) is 18.8 Å². The number of fused-ring (bicyclic) bond motifs is 1. The quantitative estimate of drug-likeness (QED) is 0.520. The van der Waals surface area contributed by atoms with Gasteiger partial charge in [-0.2, -0.15) is 10.4 Å². The van der Waals surface area contributed by atoms with Crippen molar-refractivity contribution in [3.63, 3.8) is 0 Å². The van der Waals surface area contributed by atoms with Crippen LogP contribution >= 0.6 is 11.3 Å². The molecule has 0 spiro atoms. The monoisotopic (exact) mass is 407 g/mol. The molecule has 4 rings (SSSR count).